The predicted octanol–water partition coefficient (Wildman–Crippen LogP) is 3.15. The maximum absolute atomic E-state index is 12.8. The van der Waals surface area contributed by atoms with E-state index in [1.165, 1.54) is 22.8 Å². The lowest BCUT2D eigenvalue weighted by atomic mass is 9.89. The molecular weight excluding hydrogens is 347 g/mol. The molecule has 1 aromatic carbocycles. The van der Waals surface area contributed by atoms with Crippen molar-refractivity contribution in [2.75, 3.05) is 5.73 Å². The van der Waals surface area contributed by atoms with Crippen LogP contribution >= 0.6 is 0 Å². The summed E-state index contributed by atoms with van der Waals surface area (Å²) < 4.78 is 39.8. The van der Waals surface area contributed by atoms with Gasteiger partial charge in [0.1, 0.15) is 5.82 Å². The van der Waals surface area contributed by atoms with Crippen molar-refractivity contribution < 1.29 is 18.3 Å². The molecule has 0 aliphatic heterocycles. The second-order valence-corrected chi connectivity index (χ2v) is 6.52. The fourth-order valence-electron chi connectivity index (χ4n) is 2.92. The number of halogens is 3. The van der Waals surface area contributed by atoms with Crippen molar-refractivity contribution in [2.45, 2.75) is 39.0 Å². The van der Waals surface area contributed by atoms with Crippen molar-refractivity contribution in [3.63, 3.8) is 0 Å². The van der Waals surface area contributed by atoms with E-state index in [0.29, 0.717) is 22.7 Å². The van der Waals surface area contributed by atoms with E-state index in [-0.39, 0.29) is 11.4 Å². The molecule has 3 aromatic rings. The summed E-state index contributed by atoms with van der Waals surface area (Å²) in [5, 5.41) is 14.6. The molecule has 0 bridgehead atoms. The van der Waals surface area contributed by atoms with Crippen LogP contribution in [0.1, 0.15) is 30.3 Å². The minimum Gasteiger partial charge on any atom is -0.385 e. The number of benzene rings is 1. The monoisotopic (exact) mass is 365 g/mol. The number of hydrogen-bond acceptors (Lipinski definition) is 5. The molecule has 1 atom stereocenters. The normalized spacial score (nSPS) is 14.6. The summed E-state index contributed by atoms with van der Waals surface area (Å²) in [5.74, 6) is 0.647. The van der Waals surface area contributed by atoms with Gasteiger partial charge in [0.15, 0.2) is 11.5 Å². The lowest BCUT2D eigenvalue weighted by Crippen LogP contribution is -2.29. The van der Waals surface area contributed by atoms with Crippen LogP contribution in [0.25, 0.3) is 16.9 Å². The second kappa shape index (κ2) is 5.94. The molecule has 6 nitrogen and oxygen atoms in total. The largest absolute Gasteiger partial charge is 0.392 e. The highest BCUT2D eigenvalue weighted by Crippen LogP contribution is 2.36. The Hall–Kier alpha value is -2.68. The van der Waals surface area contributed by atoms with Crippen LogP contribution in [0.4, 0.5) is 19.0 Å². The van der Waals surface area contributed by atoms with Gasteiger partial charge in [0.05, 0.1) is 23.9 Å². The lowest BCUT2D eigenvalue weighted by molar-refractivity contribution is -0.174. The average molecular weight is 365 g/mol. The van der Waals surface area contributed by atoms with Crippen LogP contribution in [0, 0.1) is 13.8 Å². The Morgan fingerprint density at radius 1 is 1.23 bits per heavy atom. The molecule has 3 N–H and O–H groups in total. The van der Waals surface area contributed by atoms with E-state index >= 15 is 0 Å². The van der Waals surface area contributed by atoms with Crippen LogP contribution in [0.3, 0.4) is 0 Å². The SMILES string of the molecule is Cc1nc(N)c2ncc(-c3cc(C(C)(O)CC(F)(F)F)ccc3C)n2n1. The molecule has 3 rings (SSSR count). The fraction of sp³-hybridized carbons (Fsp3) is 0.353. The van der Waals surface area contributed by atoms with Crippen molar-refractivity contribution in [3.8, 4) is 11.3 Å². The Balaban J connectivity index is 2.15. The number of rotatable bonds is 3. The molecule has 0 saturated heterocycles. The summed E-state index contributed by atoms with van der Waals surface area (Å²) in [4.78, 5) is 8.25. The minimum absolute atomic E-state index is 0.157. The molecule has 2 aromatic heterocycles. The average Bonchev–Trinajstić information content (AvgIpc) is 2.89. The zero-order chi connectivity index (χ0) is 19.3. The third kappa shape index (κ3) is 3.34. The Labute approximate surface area is 147 Å². The van der Waals surface area contributed by atoms with Crippen molar-refractivity contribution >= 4 is 11.5 Å². The van der Waals surface area contributed by atoms with Gasteiger partial charge in [-0.05, 0) is 38.0 Å². The molecule has 0 fully saturated rings. The Bertz CT molecular complexity index is 978. The highest BCUT2D eigenvalue weighted by Gasteiger charge is 2.39. The van der Waals surface area contributed by atoms with Gasteiger partial charge in [0, 0.05) is 5.56 Å². The molecule has 138 valence electrons. The number of nitrogen functional groups attached to an aromatic ring is 1. The van der Waals surface area contributed by atoms with Crippen LogP contribution < -0.4 is 5.73 Å². The number of alkyl halides is 3. The summed E-state index contributed by atoms with van der Waals surface area (Å²) in [5.41, 5.74) is 6.28. The molecule has 9 heteroatoms. The Morgan fingerprint density at radius 2 is 1.92 bits per heavy atom. The topological polar surface area (TPSA) is 89.3 Å². The Kier molecular flexibility index (Phi) is 4.14. The number of nitrogens with zero attached hydrogens (tertiary/aromatic N) is 4. The van der Waals surface area contributed by atoms with Crippen LogP contribution in [0.5, 0.6) is 0 Å². The second-order valence-electron chi connectivity index (χ2n) is 6.52. The van der Waals surface area contributed by atoms with Crippen molar-refractivity contribution in [2.24, 2.45) is 0 Å². The highest BCUT2D eigenvalue weighted by atomic mass is 19.4. The van der Waals surface area contributed by atoms with Crippen molar-refractivity contribution in [1.82, 2.24) is 19.6 Å². The van der Waals surface area contributed by atoms with E-state index in [1.54, 1.807) is 13.0 Å². The first-order chi connectivity index (χ1) is 12.0. The van der Waals surface area contributed by atoms with Gasteiger partial charge in [-0.1, -0.05) is 12.1 Å². The third-order valence-corrected chi connectivity index (χ3v) is 4.17. The molecule has 1 unspecified atom stereocenters. The first kappa shape index (κ1) is 18.1. The minimum atomic E-state index is -4.49. The molecule has 26 heavy (non-hydrogen) atoms. The molecule has 0 spiro atoms. The van der Waals surface area contributed by atoms with E-state index < -0.39 is 18.2 Å². The van der Waals surface area contributed by atoms with E-state index in [1.807, 2.05) is 6.92 Å². The molecule has 0 saturated carbocycles. The van der Waals surface area contributed by atoms with Gasteiger partial charge in [-0.2, -0.15) is 18.3 Å². The number of anilines is 1. The zero-order valence-corrected chi connectivity index (χ0v) is 14.5. The van der Waals surface area contributed by atoms with Crippen LogP contribution in [-0.2, 0) is 5.60 Å². The smallest absolute Gasteiger partial charge is 0.385 e. The third-order valence-electron chi connectivity index (χ3n) is 4.17. The molecule has 0 radical (unpaired) electrons. The summed E-state index contributed by atoms with van der Waals surface area (Å²) in [7, 11) is 0. The molecular formula is C17H18F3N5O. The van der Waals surface area contributed by atoms with Crippen molar-refractivity contribution in [3.05, 3.63) is 41.3 Å². The van der Waals surface area contributed by atoms with Gasteiger partial charge in [-0.15, -0.1) is 0 Å². The summed E-state index contributed by atoms with van der Waals surface area (Å²) in [6.07, 6.45) is -4.30. The number of aliphatic hydroxyl groups is 1. The lowest BCUT2D eigenvalue weighted by Gasteiger charge is -2.26. The number of aryl methyl sites for hydroxylation is 2. The van der Waals surface area contributed by atoms with E-state index in [0.717, 1.165) is 12.5 Å². The maximum Gasteiger partial charge on any atom is 0.392 e. The van der Waals surface area contributed by atoms with Crippen LogP contribution in [-0.4, -0.2) is 30.9 Å². The quantitative estimate of drug-likeness (QED) is 0.744. The number of aromatic nitrogens is 4. The van der Waals surface area contributed by atoms with E-state index in [9.17, 15) is 18.3 Å². The molecule has 0 amide bonds. The summed E-state index contributed by atoms with van der Waals surface area (Å²) in [6, 6.07) is 4.67. The van der Waals surface area contributed by atoms with Gasteiger partial charge in [0.2, 0.25) is 0 Å². The van der Waals surface area contributed by atoms with Gasteiger partial charge in [-0.25, -0.2) is 14.5 Å². The number of imidazole rings is 1. The van der Waals surface area contributed by atoms with Gasteiger partial charge in [-0.3, -0.25) is 0 Å². The molecule has 0 aliphatic rings. The Morgan fingerprint density at radius 3 is 2.58 bits per heavy atom. The molecule has 0 aliphatic carbocycles. The molecule has 2 heterocycles. The first-order valence-electron chi connectivity index (χ1n) is 7.86. The van der Waals surface area contributed by atoms with E-state index in [2.05, 4.69) is 15.1 Å². The van der Waals surface area contributed by atoms with E-state index in [4.69, 9.17) is 5.73 Å². The number of hydrogen-bond donors (Lipinski definition) is 2. The van der Waals surface area contributed by atoms with Gasteiger partial charge in [0.25, 0.3) is 0 Å². The number of nitrogens with two attached hydrogens (primary N) is 1. The highest BCUT2D eigenvalue weighted by molar-refractivity contribution is 5.71. The van der Waals surface area contributed by atoms with Gasteiger partial charge < -0.3 is 10.8 Å². The maximum atomic E-state index is 12.8. The van der Waals surface area contributed by atoms with Crippen LogP contribution in [0.15, 0.2) is 24.4 Å². The van der Waals surface area contributed by atoms with Crippen LogP contribution in [0.2, 0.25) is 0 Å². The summed E-state index contributed by atoms with van der Waals surface area (Å²) in [6.45, 7) is 4.64. The number of fused-ring (bicyclic) bond motifs is 1. The fourth-order valence-corrected chi connectivity index (χ4v) is 2.92. The van der Waals surface area contributed by atoms with Crippen molar-refractivity contribution in [1.29, 1.82) is 0 Å². The zero-order valence-electron chi connectivity index (χ0n) is 14.5. The standard InChI is InChI=1S/C17H18F3N5O/c1-9-4-5-11(16(3,26)8-17(18,19)20)6-12(9)13-7-22-15-14(21)23-10(2)24-25(13)15/h4-7,26H,8H2,1-3H3,(H2,21,23,24). The first-order valence-corrected chi connectivity index (χ1v) is 7.86. The van der Waals surface area contributed by atoms with Gasteiger partial charge >= 0.3 is 6.18 Å². The predicted molar refractivity (Wildman–Crippen MR) is 90.3 cm³/mol. The summed E-state index contributed by atoms with van der Waals surface area (Å²) >= 11 is 0.